The molecule has 2 rings (SSSR count). The van der Waals surface area contributed by atoms with Gasteiger partial charge in [-0.25, -0.2) is 9.97 Å². The maximum atomic E-state index is 5.67. The lowest BCUT2D eigenvalue weighted by Gasteiger charge is -2.06. The molecule has 0 fully saturated rings. The Hall–Kier alpha value is -1.84. The fraction of sp³-hybridized carbons (Fsp3) is 0.273. The molecule has 15 heavy (non-hydrogen) atoms. The van der Waals surface area contributed by atoms with Gasteiger partial charge in [0.15, 0.2) is 0 Å². The Bertz CT molecular complexity index is 470. The van der Waals surface area contributed by atoms with Crippen molar-refractivity contribution in [1.29, 1.82) is 0 Å². The summed E-state index contributed by atoms with van der Waals surface area (Å²) in [5, 5.41) is 0.903. The smallest absolute Gasteiger partial charge is 0.224 e. The molecule has 2 N–H and O–H groups in total. The highest BCUT2D eigenvalue weighted by Gasteiger charge is 2.03. The molecule has 1 aromatic carbocycles. The second kappa shape index (κ2) is 4.13. The van der Waals surface area contributed by atoms with Gasteiger partial charge in [0.1, 0.15) is 6.33 Å². The molecular weight excluding hydrogens is 190 g/mol. The van der Waals surface area contributed by atoms with Gasteiger partial charge in [0.2, 0.25) is 5.88 Å². The van der Waals surface area contributed by atoms with Crippen molar-refractivity contribution in [2.24, 2.45) is 0 Å². The van der Waals surface area contributed by atoms with Crippen molar-refractivity contribution in [3.05, 3.63) is 24.5 Å². The van der Waals surface area contributed by atoms with E-state index in [1.54, 1.807) is 0 Å². The molecule has 0 aliphatic rings. The van der Waals surface area contributed by atoms with E-state index >= 15 is 0 Å². The van der Waals surface area contributed by atoms with Crippen LogP contribution >= 0.6 is 0 Å². The van der Waals surface area contributed by atoms with Gasteiger partial charge in [0.25, 0.3) is 0 Å². The number of hydrogen-bond donors (Lipinski definition) is 1. The predicted molar refractivity (Wildman–Crippen MR) is 59.7 cm³/mol. The van der Waals surface area contributed by atoms with Gasteiger partial charge >= 0.3 is 0 Å². The molecule has 1 heterocycles. The largest absolute Gasteiger partial charge is 0.477 e. The van der Waals surface area contributed by atoms with E-state index in [-0.39, 0.29) is 0 Å². The fourth-order valence-corrected chi connectivity index (χ4v) is 1.36. The number of nitrogen functional groups attached to an aromatic ring is 1. The van der Waals surface area contributed by atoms with E-state index in [2.05, 4.69) is 16.9 Å². The van der Waals surface area contributed by atoms with Crippen LogP contribution in [-0.2, 0) is 0 Å². The Balaban J connectivity index is 2.46. The fourth-order valence-electron chi connectivity index (χ4n) is 1.36. The number of aromatic nitrogens is 2. The third kappa shape index (κ3) is 1.98. The third-order valence-electron chi connectivity index (χ3n) is 2.07. The van der Waals surface area contributed by atoms with Gasteiger partial charge in [0.05, 0.1) is 17.5 Å². The van der Waals surface area contributed by atoms with Crippen LogP contribution < -0.4 is 10.5 Å². The topological polar surface area (TPSA) is 61.0 Å². The molecule has 0 spiro atoms. The number of hydrogen-bond acceptors (Lipinski definition) is 4. The molecule has 0 saturated heterocycles. The first-order valence-corrected chi connectivity index (χ1v) is 4.94. The summed E-state index contributed by atoms with van der Waals surface area (Å²) in [5.41, 5.74) is 7.19. The zero-order valence-electron chi connectivity index (χ0n) is 8.60. The number of benzene rings is 1. The van der Waals surface area contributed by atoms with E-state index in [1.807, 2.05) is 18.2 Å². The van der Waals surface area contributed by atoms with Crippen LogP contribution in [0.25, 0.3) is 10.9 Å². The van der Waals surface area contributed by atoms with E-state index in [1.165, 1.54) is 6.33 Å². The van der Waals surface area contributed by atoms with E-state index in [0.717, 1.165) is 17.3 Å². The number of anilines is 1. The summed E-state index contributed by atoms with van der Waals surface area (Å²) in [6, 6.07) is 5.52. The Labute approximate surface area is 88.1 Å². The van der Waals surface area contributed by atoms with Crippen LogP contribution in [0.1, 0.15) is 13.3 Å². The van der Waals surface area contributed by atoms with Crippen LogP contribution in [0.2, 0.25) is 0 Å². The number of fused-ring (bicyclic) bond motifs is 1. The Morgan fingerprint density at radius 1 is 1.33 bits per heavy atom. The summed E-state index contributed by atoms with van der Waals surface area (Å²) in [6.07, 6.45) is 2.45. The molecular formula is C11H13N3O. The molecule has 4 nitrogen and oxygen atoms in total. The number of nitrogens with two attached hydrogens (primary N) is 1. The minimum Gasteiger partial charge on any atom is -0.477 e. The van der Waals surface area contributed by atoms with Gasteiger partial charge < -0.3 is 10.5 Å². The second-order valence-electron chi connectivity index (χ2n) is 3.30. The minimum absolute atomic E-state index is 0.627. The number of nitrogens with zero attached hydrogens (tertiary/aromatic N) is 2. The van der Waals surface area contributed by atoms with E-state index in [0.29, 0.717) is 18.2 Å². The van der Waals surface area contributed by atoms with Gasteiger partial charge in [-0.15, -0.1) is 0 Å². The molecule has 0 bridgehead atoms. The van der Waals surface area contributed by atoms with E-state index in [9.17, 15) is 0 Å². The molecule has 0 aliphatic heterocycles. The Morgan fingerprint density at radius 2 is 2.20 bits per heavy atom. The standard InChI is InChI=1S/C11H13N3O/c1-2-5-15-11-9-4-3-8(12)6-10(9)13-7-14-11/h3-4,6-7H,2,5,12H2,1H3. The van der Waals surface area contributed by atoms with Crippen LogP contribution in [-0.4, -0.2) is 16.6 Å². The lowest BCUT2D eigenvalue weighted by Crippen LogP contribution is -1.99. The van der Waals surface area contributed by atoms with Crippen molar-refractivity contribution >= 4 is 16.6 Å². The zero-order valence-corrected chi connectivity index (χ0v) is 8.60. The molecule has 0 atom stereocenters. The van der Waals surface area contributed by atoms with E-state index < -0.39 is 0 Å². The molecule has 0 radical (unpaired) electrons. The SMILES string of the molecule is CCCOc1ncnc2cc(N)ccc12. The average Bonchev–Trinajstić information content (AvgIpc) is 2.25. The van der Waals surface area contributed by atoms with Crippen LogP contribution in [0.3, 0.4) is 0 Å². The summed E-state index contributed by atoms with van der Waals surface area (Å²) < 4.78 is 5.52. The highest BCUT2D eigenvalue weighted by molar-refractivity contribution is 5.85. The van der Waals surface area contributed by atoms with Crippen LogP contribution in [0.15, 0.2) is 24.5 Å². The van der Waals surface area contributed by atoms with E-state index in [4.69, 9.17) is 10.5 Å². The van der Waals surface area contributed by atoms with Crippen molar-refractivity contribution in [1.82, 2.24) is 9.97 Å². The van der Waals surface area contributed by atoms with Crippen molar-refractivity contribution in [2.45, 2.75) is 13.3 Å². The maximum absolute atomic E-state index is 5.67. The van der Waals surface area contributed by atoms with Crippen molar-refractivity contribution in [2.75, 3.05) is 12.3 Å². The zero-order chi connectivity index (χ0) is 10.7. The molecule has 4 heteroatoms. The van der Waals surface area contributed by atoms with Crippen LogP contribution in [0.4, 0.5) is 5.69 Å². The Morgan fingerprint density at radius 3 is 3.00 bits per heavy atom. The average molecular weight is 203 g/mol. The summed E-state index contributed by atoms with van der Waals surface area (Å²) in [5.74, 6) is 0.627. The van der Waals surface area contributed by atoms with Gasteiger partial charge in [0, 0.05) is 5.69 Å². The first-order valence-electron chi connectivity index (χ1n) is 4.94. The molecule has 2 aromatic rings. The lowest BCUT2D eigenvalue weighted by molar-refractivity contribution is 0.309. The monoisotopic (exact) mass is 203 g/mol. The first kappa shape index (κ1) is 9.71. The lowest BCUT2D eigenvalue weighted by atomic mass is 10.2. The van der Waals surface area contributed by atoms with Crippen LogP contribution in [0.5, 0.6) is 5.88 Å². The highest BCUT2D eigenvalue weighted by atomic mass is 16.5. The minimum atomic E-state index is 0.627. The third-order valence-corrected chi connectivity index (χ3v) is 2.07. The van der Waals surface area contributed by atoms with Crippen LogP contribution in [0, 0.1) is 0 Å². The van der Waals surface area contributed by atoms with Gasteiger partial charge in [-0.3, -0.25) is 0 Å². The molecule has 78 valence electrons. The summed E-state index contributed by atoms with van der Waals surface area (Å²) in [7, 11) is 0. The summed E-state index contributed by atoms with van der Waals surface area (Å²) in [4.78, 5) is 8.24. The van der Waals surface area contributed by atoms with Crippen molar-refractivity contribution in [3.63, 3.8) is 0 Å². The molecule has 1 aromatic heterocycles. The summed E-state index contributed by atoms with van der Waals surface area (Å²) in [6.45, 7) is 2.72. The van der Waals surface area contributed by atoms with Crippen molar-refractivity contribution in [3.8, 4) is 5.88 Å². The predicted octanol–water partition coefficient (Wildman–Crippen LogP) is 2.00. The molecule has 0 amide bonds. The quantitative estimate of drug-likeness (QED) is 0.775. The Kier molecular flexibility index (Phi) is 2.67. The van der Waals surface area contributed by atoms with Crippen molar-refractivity contribution < 1.29 is 4.74 Å². The molecule has 0 unspecified atom stereocenters. The first-order chi connectivity index (χ1) is 7.31. The normalized spacial score (nSPS) is 10.5. The second-order valence-corrected chi connectivity index (χ2v) is 3.30. The number of ether oxygens (including phenoxy) is 1. The molecule has 0 aliphatic carbocycles. The maximum Gasteiger partial charge on any atom is 0.224 e. The highest BCUT2D eigenvalue weighted by Crippen LogP contribution is 2.22. The molecule has 0 saturated carbocycles. The summed E-state index contributed by atoms with van der Waals surface area (Å²) >= 11 is 0. The number of rotatable bonds is 3. The van der Waals surface area contributed by atoms with Gasteiger partial charge in [-0.2, -0.15) is 0 Å². The van der Waals surface area contributed by atoms with Gasteiger partial charge in [-0.1, -0.05) is 6.92 Å². The van der Waals surface area contributed by atoms with Gasteiger partial charge in [-0.05, 0) is 24.6 Å².